The van der Waals surface area contributed by atoms with Crippen molar-refractivity contribution < 1.29 is 9.47 Å². The lowest BCUT2D eigenvalue weighted by molar-refractivity contribution is 0.140. The van der Waals surface area contributed by atoms with Crippen LogP contribution >= 0.6 is 0 Å². The second-order valence-electron chi connectivity index (χ2n) is 5.81. The largest absolute Gasteiger partial charge is 0.497 e. The number of hydrogen-bond acceptors (Lipinski definition) is 2. The zero-order valence-corrected chi connectivity index (χ0v) is 13.0. The van der Waals surface area contributed by atoms with Crippen molar-refractivity contribution in [1.29, 1.82) is 0 Å². The lowest BCUT2D eigenvalue weighted by atomic mass is 9.83. The van der Waals surface area contributed by atoms with E-state index in [1.807, 2.05) is 24.3 Å². The van der Waals surface area contributed by atoms with Gasteiger partial charge in [0, 0.05) is 23.1 Å². The number of methoxy groups -OCH3 is 1. The first-order valence-electron chi connectivity index (χ1n) is 7.79. The maximum absolute atomic E-state index is 6.51. The van der Waals surface area contributed by atoms with Crippen molar-refractivity contribution in [1.82, 2.24) is 0 Å². The molecule has 0 spiro atoms. The fourth-order valence-electron chi connectivity index (χ4n) is 3.32. The van der Waals surface area contributed by atoms with Crippen LogP contribution in [0.25, 0.3) is 0 Å². The lowest BCUT2D eigenvalue weighted by Crippen LogP contribution is -2.32. The number of benzene rings is 3. The predicted molar refractivity (Wildman–Crippen MR) is 91.0 cm³/mol. The summed E-state index contributed by atoms with van der Waals surface area (Å²) in [5, 5.41) is 0. The van der Waals surface area contributed by atoms with E-state index in [0.29, 0.717) is 0 Å². The Morgan fingerprint density at radius 2 is 1.43 bits per heavy atom. The summed E-state index contributed by atoms with van der Waals surface area (Å²) in [6.45, 7) is 0. The van der Waals surface area contributed by atoms with Gasteiger partial charge in [-0.05, 0) is 18.2 Å². The minimum absolute atomic E-state index is 0.475. The van der Waals surface area contributed by atoms with Gasteiger partial charge in [-0.3, -0.25) is 0 Å². The molecule has 0 N–H and O–H groups in total. The molecular weight excluding hydrogens is 284 g/mol. The van der Waals surface area contributed by atoms with Gasteiger partial charge in [-0.1, -0.05) is 60.7 Å². The van der Waals surface area contributed by atoms with Crippen LogP contribution in [0.15, 0.2) is 78.9 Å². The van der Waals surface area contributed by atoms with Gasteiger partial charge in [-0.15, -0.1) is 0 Å². The molecule has 4 rings (SSSR count). The molecule has 0 fully saturated rings. The predicted octanol–water partition coefficient (Wildman–Crippen LogP) is 4.57. The van der Waals surface area contributed by atoms with Crippen molar-refractivity contribution in [3.8, 4) is 11.5 Å². The summed E-state index contributed by atoms with van der Waals surface area (Å²) < 4.78 is 11.9. The van der Waals surface area contributed by atoms with Crippen molar-refractivity contribution in [2.75, 3.05) is 7.11 Å². The maximum atomic E-state index is 6.51. The minimum Gasteiger partial charge on any atom is -0.497 e. The molecule has 0 saturated carbocycles. The molecule has 1 aliphatic rings. The number of ether oxygens (including phenoxy) is 2. The van der Waals surface area contributed by atoms with E-state index >= 15 is 0 Å². The highest BCUT2D eigenvalue weighted by Crippen LogP contribution is 2.46. The van der Waals surface area contributed by atoms with Gasteiger partial charge in [0.1, 0.15) is 11.5 Å². The molecule has 1 aliphatic heterocycles. The summed E-state index contributed by atoms with van der Waals surface area (Å²) in [7, 11) is 1.69. The van der Waals surface area contributed by atoms with Crippen LogP contribution in [0.5, 0.6) is 11.5 Å². The van der Waals surface area contributed by atoms with Crippen molar-refractivity contribution in [3.63, 3.8) is 0 Å². The molecule has 1 heterocycles. The van der Waals surface area contributed by atoms with E-state index in [1.165, 1.54) is 16.7 Å². The number of fused-ring (bicyclic) bond motifs is 1. The maximum Gasteiger partial charge on any atom is 0.163 e. The van der Waals surface area contributed by atoms with Crippen molar-refractivity contribution in [2.45, 2.75) is 12.0 Å². The highest BCUT2D eigenvalue weighted by molar-refractivity contribution is 5.51. The topological polar surface area (TPSA) is 18.5 Å². The molecule has 2 heteroatoms. The average molecular weight is 302 g/mol. The molecular formula is C21H18O2. The summed E-state index contributed by atoms with van der Waals surface area (Å²) >= 11 is 0. The summed E-state index contributed by atoms with van der Waals surface area (Å²) in [4.78, 5) is 0. The molecule has 0 bridgehead atoms. The monoisotopic (exact) mass is 302 g/mol. The Morgan fingerprint density at radius 1 is 0.826 bits per heavy atom. The molecule has 0 atom stereocenters. The quantitative estimate of drug-likeness (QED) is 0.705. The molecule has 0 amide bonds. The summed E-state index contributed by atoms with van der Waals surface area (Å²) in [6, 6.07) is 26.9. The van der Waals surface area contributed by atoms with E-state index in [-0.39, 0.29) is 0 Å². The van der Waals surface area contributed by atoms with Gasteiger partial charge in [0.25, 0.3) is 0 Å². The lowest BCUT2D eigenvalue weighted by Gasteiger charge is -2.30. The highest BCUT2D eigenvalue weighted by atomic mass is 16.5. The standard InChI is InChI=1S/C21H18O2/c1-22-19-12-13-20-16(14-19)15-21(23-20,17-8-4-2-5-9-17)18-10-6-3-7-11-18/h2-14H,15H2,1H3. The van der Waals surface area contributed by atoms with Gasteiger partial charge < -0.3 is 9.47 Å². The fourth-order valence-corrected chi connectivity index (χ4v) is 3.32. The second-order valence-corrected chi connectivity index (χ2v) is 5.81. The molecule has 3 aromatic carbocycles. The smallest absolute Gasteiger partial charge is 0.163 e. The first-order chi connectivity index (χ1) is 11.3. The highest BCUT2D eigenvalue weighted by Gasteiger charge is 2.42. The third-order valence-corrected chi connectivity index (χ3v) is 4.47. The molecule has 2 nitrogen and oxygen atoms in total. The van der Waals surface area contributed by atoms with Gasteiger partial charge in [0.2, 0.25) is 0 Å². The van der Waals surface area contributed by atoms with Gasteiger partial charge in [0.05, 0.1) is 7.11 Å². The van der Waals surface area contributed by atoms with Crippen molar-refractivity contribution in [2.24, 2.45) is 0 Å². The molecule has 0 aromatic heterocycles. The zero-order chi connectivity index (χ0) is 15.7. The molecule has 0 radical (unpaired) electrons. The summed E-state index contributed by atoms with van der Waals surface area (Å²) in [5.74, 6) is 1.79. The number of rotatable bonds is 3. The zero-order valence-electron chi connectivity index (χ0n) is 13.0. The van der Waals surface area contributed by atoms with Crippen LogP contribution in [0.2, 0.25) is 0 Å². The van der Waals surface area contributed by atoms with Crippen molar-refractivity contribution in [3.05, 3.63) is 95.6 Å². The van der Waals surface area contributed by atoms with Gasteiger partial charge in [0.15, 0.2) is 5.60 Å². The molecule has 3 aromatic rings. The van der Waals surface area contributed by atoms with E-state index in [9.17, 15) is 0 Å². The Hall–Kier alpha value is -2.74. The third-order valence-electron chi connectivity index (χ3n) is 4.47. The van der Waals surface area contributed by atoms with E-state index in [1.54, 1.807) is 7.11 Å². The third kappa shape index (κ3) is 2.27. The van der Waals surface area contributed by atoms with E-state index in [4.69, 9.17) is 9.47 Å². The normalized spacial score (nSPS) is 14.8. The molecule has 0 aliphatic carbocycles. The van der Waals surface area contributed by atoms with Crippen LogP contribution in [0.3, 0.4) is 0 Å². The van der Waals surface area contributed by atoms with Crippen LogP contribution < -0.4 is 9.47 Å². The summed E-state index contributed by atoms with van der Waals surface area (Å²) in [6.07, 6.45) is 0.799. The van der Waals surface area contributed by atoms with Crippen LogP contribution in [-0.4, -0.2) is 7.11 Å². The Morgan fingerprint density at radius 3 is 2.00 bits per heavy atom. The van der Waals surface area contributed by atoms with E-state index in [2.05, 4.69) is 54.6 Å². The Balaban J connectivity index is 1.87. The fraction of sp³-hybridized carbons (Fsp3) is 0.143. The Labute approximate surface area is 136 Å². The SMILES string of the molecule is COc1ccc2c(c1)CC(c1ccccc1)(c1ccccc1)O2. The Kier molecular flexibility index (Phi) is 3.30. The number of hydrogen-bond donors (Lipinski definition) is 0. The Bertz CT molecular complexity index is 770. The summed E-state index contributed by atoms with van der Waals surface area (Å²) in [5.41, 5.74) is 3.04. The molecule has 0 unspecified atom stereocenters. The van der Waals surface area contributed by atoms with E-state index in [0.717, 1.165) is 17.9 Å². The van der Waals surface area contributed by atoms with Crippen LogP contribution in [0.4, 0.5) is 0 Å². The van der Waals surface area contributed by atoms with Crippen LogP contribution in [0.1, 0.15) is 16.7 Å². The van der Waals surface area contributed by atoms with E-state index < -0.39 is 5.60 Å². The van der Waals surface area contributed by atoms with Gasteiger partial charge in [-0.2, -0.15) is 0 Å². The average Bonchev–Trinajstić information content (AvgIpc) is 3.03. The van der Waals surface area contributed by atoms with Crippen LogP contribution in [-0.2, 0) is 12.0 Å². The minimum atomic E-state index is -0.475. The molecule has 23 heavy (non-hydrogen) atoms. The first kappa shape index (κ1) is 13.9. The molecule has 114 valence electrons. The first-order valence-corrected chi connectivity index (χ1v) is 7.79. The van der Waals surface area contributed by atoms with Gasteiger partial charge >= 0.3 is 0 Å². The molecule has 0 saturated heterocycles. The van der Waals surface area contributed by atoms with Gasteiger partial charge in [-0.25, -0.2) is 0 Å². The van der Waals surface area contributed by atoms with Crippen molar-refractivity contribution >= 4 is 0 Å². The second kappa shape index (κ2) is 5.47. The van der Waals surface area contributed by atoms with Crippen LogP contribution in [0, 0.1) is 0 Å².